The highest BCUT2D eigenvalue weighted by Gasteiger charge is 2.41. The number of hydrogen-bond acceptors (Lipinski definition) is 0. The minimum absolute atomic E-state index is 0.550. The van der Waals surface area contributed by atoms with Gasteiger partial charge in [-0.3, -0.25) is 0 Å². The van der Waals surface area contributed by atoms with E-state index in [4.69, 9.17) is 7.74 Å². The van der Waals surface area contributed by atoms with Crippen LogP contribution in [-0.2, 0) is 0 Å². The summed E-state index contributed by atoms with van der Waals surface area (Å²) >= 11 is 0. The van der Waals surface area contributed by atoms with Crippen molar-refractivity contribution in [2.75, 3.05) is 0 Å². The second kappa shape index (κ2) is 2.44. The molecule has 0 aromatic carbocycles. The first-order valence-electron chi connectivity index (χ1n) is 3.78. The number of rotatable bonds is 2. The molecule has 0 aromatic heterocycles. The Bertz CT molecular complexity index is 98.5. The normalized spacial score (nSPS) is 33.8. The van der Waals surface area contributed by atoms with Crippen molar-refractivity contribution in [1.29, 1.82) is 0 Å². The topological polar surface area (TPSA) is 0 Å². The lowest BCUT2D eigenvalue weighted by Crippen LogP contribution is -2.45. The summed E-state index contributed by atoms with van der Waals surface area (Å²) in [6, 6.07) is 0. The molecule has 0 amide bonds. The van der Waals surface area contributed by atoms with Crippen LogP contribution in [0.2, 0.25) is 11.6 Å². The minimum Gasteiger partial charge on any atom is -0.0813 e. The van der Waals surface area contributed by atoms with E-state index < -0.39 is 0 Å². The van der Waals surface area contributed by atoms with E-state index in [9.17, 15) is 0 Å². The molecule has 0 N–H and O–H groups in total. The summed E-state index contributed by atoms with van der Waals surface area (Å²) in [5, 5.41) is 0.550. The van der Waals surface area contributed by atoms with Crippen molar-refractivity contribution in [3.05, 3.63) is 0 Å². The molecule has 1 saturated heterocycles. The third-order valence-electron chi connectivity index (χ3n) is 2.96. The zero-order valence-corrected chi connectivity index (χ0v) is 6.35. The third-order valence-corrected chi connectivity index (χ3v) is 2.96. The van der Waals surface area contributed by atoms with Gasteiger partial charge in [0, 0.05) is 14.8 Å². The molecule has 3 heteroatoms. The average molecular weight is 117 g/mol. The van der Waals surface area contributed by atoms with E-state index in [1.54, 1.807) is 0 Å². The molecule has 1 atom stereocenters. The van der Waals surface area contributed by atoms with Crippen LogP contribution < -0.4 is 0 Å². The summed E-state index contributed by atoms with van der Waals surface area (Å²) in [6.45, 7) is 5.27. The Morgan fingerprint density at radius 1 is 1.78 bits per heavy atom. The van der Waals surface area contributed by atoms with Gasteiger partial charge in [-0.1, -0.05) is 38.3 Å². The molecule has 1 unspecified atom stereocenters. The Labute approximate surface area is 60.5 Å². The standard InChI is InChI=1S/C6H12B3/c1-3-6(2)4-5-9(6)8-7/h3-5H2,1-2H3. The van der Waals surface area contributed by atoms with E-state index in [0.717, 1.165) is 0 Å². The molecule has 0 bridgehead atoms. The van der Waals surface area contributed by atoms with Gasteiger partial charge in [0.05, 0.1) is 6.60 Å². The van der Waals surface area contributed by atoms with E-state index in [2.05, 4.69) is 13.8 Å². The summed E-state index contributed by atoms with van der Waals surface area (Å²) in [7, 11) is 7.33. The van der Waals surface area contributed by atoms with Crippen molar-refractivity contribution in [1.82, 2.24) is 0 Å². The van der Waals surface area contributed by atoms with Crippen LogP contribution in [0.5, 0.6) is 0 Å². The molecule has 1 aliphatic rings. The fraction of sp³-hybridized carbons (Fsp3) is 1.00. The van der Waals surface area contributed by atoms with E-state index in [0.29, 0.717) is 11.9 Å². The molecule has 1 heterocycles. The molecular formula is C6H12B3. The van der Waals surface area contributed by atoms with Gasteiger partial charge in [-0.05, 0) is 0 Å². The highest BCUT2D eigenvalue weighted by Crippen LogP contribution is 2.49. The second-order valence-corrected chi connectivity index (χ2v) is 3.35. The van der Waals surface area contributed by atoms with Gasteiger partial charge in [0.1, 0.15) is 0 Å². The van der Waals surface area contributed by atoms with Crippen LogP contribution >= 0.6 is 0 Å². The molecule has 1 rings (SSSR count). The van der Waals surface area contributed by atoms with Crippen molar-refractivity contribution in [3.8, 4) is 0 Å². The van der Waals surface area contributed by atoms with Gasteiger partial charge >= 0.3 is 0 Å². The Morgan fingerprint density at radius 3 is 2.56 bits per heavy atom. The summed E-state index contributed by atoms with van der Waals surface area (Å²) in [4.78, 5) is 0. The van der Waals surface area contributed by atoms with Gasteiger partial charge < -0.3 is 0 Å². The lowest BCUT2D eigenvalue weighted by Gasteiger charge is -2.45. The van der Waals surface area contributed by atoms with E-state index >= 15 is 0 Å². The third kappa shape index (κ3) is 1.06. The van der Waals surface area contributed by atoms with Crippen LogP contribution in [0.1, 0.15) is 26.7 Å². The Hall–Kier alpha value is 0.195. The predicted molar refractivity (Wildman–Crippen MR) is 45.3 cm³/mol. The second-order valence-electron chi connectivity index (χ2n) is 3.35. The molecule has 1 aliphatic heterocycles. The largest absolute Gasteiger partial charge is 0.0977 e. The minimum atomic E-state index is 0.550. The predicted octanol–water partition coefficient (Wildman–Crippen LogP) is 1.34. The maximum absolute atomic E-state index is 5.46. The zero-order valence-electron chi connectivity index (χ0n) is 6.35. The summed E-state index contributed by atoms with van der Waals surface area (Å²) in [6.07, 6.45) is 3.94. The SMILES string of the molecule is [B][B]B1CCC1(C)CC. The van der Waals surface area contributed by atoms with E-state index in [1.165, 1.54) is 19.2 Å². The summed E-state index contributed by atoms with van der Waals surface area (Å²) in [5.74, 6) is 0. The van der Waals surface area contributed by atoms with Crippen LogP contribution in [0.15, 0.2) is 0 Å². The Balaban J connectivity index is 2.41. The first-order chi connectivity index (χ1) is 4.23. The molecule has 0 nitrogen and oxygen atoms in total. The molecule has 0 spiro atoms. The molecule has 1 fully saturated rings. The fourth-order valence-corrected chi connectivity index (χ4v) is 1.57. The Morgan fingerprint density at radius 2 is 2.44 bits per heavy atom. The van der Waals surface area contributed by atoms with E-state index in [-0.39, 0.29) is 0 Å². The smallest absolute Gasteiger partial charge is 0.0813 e. The van der Waals surface area contributed by atoms with E-state index in [1.807, 2.05) is 7.06 Å². The van der Waals surface area contributed by atoms with Crippen LogP contribution in [0.3, 0.4) is 0 Å². The van der Waals surface area contributed by atoms with Gasteiger partial charge in [0.25, 0.3) is 0 Å². The van der Waals surface area contributed by atoms with Gasteiger partial charge in [0.15, 0.2) is 0 Å². The number of hydrogen-bond donors (Lipinski definition) is 0. The average Bonchev–Trinajstić information content (AvgIpc) is 1.85. The van der Waals surface area contributed by atoms with Gasteiger partial charge in [-0.2, -0.15) is 0 Å². The quantitative estimate of drug-likeness (QED) is 0.478. The van der Waals surface area contributed by atoms with Crippen molar-refractivity contribution in [2.45, 2.75) is 38.3 Å². The lowest BCUT2D eigenvalue weighted by molar-refractivity contribution is 0.504. The first kappa shape index (κ1) is 7.30. The van der Waals surface area contributed by atoms with Crippen molar-refractivity contribution < 1.29 is 0 Å². The van der Waals surface area contributed by atoms with Gasteiger partial charge in [-0.15, -0.1) is 0 Å². The molecular weight excluding hydrogens is 105 g/mol. The van der Waals surface area contributed by atoms with Gasteiger partial charge in [0.2, 0.25) is 0 Å². The van der Waals surface area contributed by atoms with Crippen molar-refractivity contribution in [2.24, 2.45) is 0 Å². The lowest BCUT2D eigenvalue weighted by atomic mass is 9.00. The molecule has 0 aromatic rings. The highest BCUT2D eigenvalue weighted by molar-refractivity contribution is 7.33. The first-order valence-corrected chi connectivity index (χ1v) is 3.78. The highest BCUT2D eigenvalue weighted by atomic mass is 14.2. The monoisotopic (exact) mass is 117 g/mol. The zero-order chi connectivity index (χ0) is 6.91. The maximum atomic E-state index is 5.46. The summed E-state index contributed by atoms with van der Waals surface area (Å²) in [5.41, 5.74) is 0. The van der Waals surface area contributed by atoms with Crippen LogP contribution in [0.25, 0.3) is 0 Å². The van der Waals surface area contributed by atoms with Crippen LogP contribution in [-0.4, -0.2) is 21.4 Å². The molecule has 0 aliphatic carbocycles. The van der Waals surface area contributed by atoms with Crippen molar-refractivity contribution in [3.63, 3.8) is 0 Å². The van der Waals surface area contributed by atoms with Crippen LogP contribution in [0.4, 0.5) is 0 Å². The van der Waals surface area contributed by atoms with Gasteiger partial charge in [-0.25, -0.2) is 0 Å². The Kier molecular flexibility index (Phi) is 1.98. The van der Waals surface area contributed by atoms with Crippen LogP contribution in [0, 0.1) is 0 Å². The maximum Gasteiger partial charge on any atom is 0.0977 e. The fourth-order valence-electron chi connectivity index (χ4n) is 1.57. The molecule has 0 saturated carbocycles. The summed E-state index contributed by atoms with van der Waals surface area (Å²) < 4.78 is 0. The molecule has 9 heavy (non-hydrogen) atoms. The van der Waals surface area contributed by atoms with Crippen molar-refractivity contribution >= 4 is 21.4 Å². The molecule has 45 valence electrons. The molecule has 3 radical (unpaired) electrons.